The number of aryl methyl sites for hydroxylation is 2. The number of amides is 1. The third-order valence-electron chi connectivity index (χ3n) is 4.86. The number of nitrogens with zero attached hydrogens (tertiary/aromatic N) is 2. The molecule has 1 amide bonds. The van der Waals surface area contributed by atoms with Crippen molar-refractivity contribution >= 4 is 5.91 Å². The van der Waals surface area contributed by atoms with Gasteiger partial charge < -0.3 is 10.1 Å². The lowest BCUT2D eigenvalue weighted by Crippen LogP contribution is -2.34. The van der Waals surface area contributed by atoms with Gasteiger partial charge in [0.15, 0.2) is 0 Å². The lowest BCUT2D eigenvalue weighted by atomic mass is 10.0. The van der Waals surface area contributed by atoms with Crippen molar-refractivity contribution in [3.8, 4) is 17.0 Å². The molecular weight excluding hydrogens is 395 g/mol. The summed E-state index contributed by atoms with van der Waals surface area (Å²) in [7, 11) is 0. The second-order valence-electron chi connectivity index (χ2n) is 7.17. The number of rotatable bonds is 4. The first kappa shape index (κ1) is 19.9. The summed E-state index contributed by atoms with van der Waals surface area (Å²) in [6.07, 6.45) is 1.53. The summed E-state index contributed by atoms with van der Waals surface area (Å²) in [4.78, 5) is 21.0. The van der Waals surface area contributed by atoms with Crippen molar-refractivity contribution in [1.82, 2.24) is 15.3 Å². The topological polar surface area (TPSA) is 64.1 Å². The Morgan fingerprint density at radius 3 is 2.73 bits per heavy atom. The first-order chi connectivity index (χ1) is 14.3. The maximum atomic E-state index is 14.2. The van der Waals surface area contributed by atoms with Gasteiger partial charge >= 0.3 is 0 Å². The summed E-state index contributed by atoms with van der Waals surface area (Å²) < 4.78 is 47.0. The minimum Gasteiger partial charge on any atom is -0.487 e. The van der Waals surface area contributed by atoms with Crippen molar-refractivity contribution < 1.29 is 22.7 Å². The zero-order valence-electron chi connectivity index (χ0n) is 16.3. The Labute approximate surface area is 170 Å². The molecule has 1 aliphatic heterocycles. The van der Waals surface area contributed by atoms with Gasteiger partial charge in [0.2, 0.25) is 0 Å². The molecular formula is C22H18F3N3O2. The second-order valence-corrected chi connectivity index (χ2v) is 7.17. The van der Waals surface area contributed by atoms with E-state index in [0.717, 1.165) is 12.1 Å². The fraction of sp³-hybridized carbons (Fsp3) is 0.227. The van der Waals surface area contributed by atoms with Gasteiger partial charge in [-0.05, 0) is 38.1 Å². The van der Waals surface area contributed by atoms with Crippen LogP contribution in [-0.2, 0) is 6.42 Å². The molecule has 1 aliphatic rings. The number of hydrogen-bond donors (Lipinski definition) is 1. The number of halogens is 3. The smallest absolute Gasteiger partial charge is 0.254 e. The number of ether oxygens (including phenoxy) is 1. The SMILES string of the molecule is Cc1cnc(C)c(-c2cc(F)cc3c2OC(CNC(=O)c2ccc(F)cc2F)C3)n1. The van der Waals surface area contributed by atoms with Gasteiger partial charge in [0.25, 0.3) is 5.91 Å². The lowest BCUT2D eigenvalue weighted by Gasteiger charge is -2.14. The van der Waals surface area contributed by atoms with Gasteiger partial charge in [-0.15, -0.1) is 0 Å². The Morgan fingerprint density at radius 1 is 1.17 bits per heavy atom. The maximum absolute atomic E-state index is 14.2. The van der Waals surface area contributed by atoms with Crippen LogP contribution in [-0.4, -0.2) is 28.5 Å². The number of carbonyl (C=O) groups excluding carboxylic acids is 1. The van der Waals surface area contributed by atoms with Gasteiger partial charge in [0, 0.05) is 29.8 Å². The molecule has 2 aromatic carbocycles. The highest BCUT2D eigenvalue weighted by atomic mass is 19.1. The van der Waals surface area contributed by atoms with Crippen LogP contribution in [0.15, 0.2) is 36.5 Å². The van der Waals surface area contributed by atoms with Gasteiger partial charge in [-0.1, -0.05) is 0 Å². The molecule has 5 nitrogen and oxygen atoms in total. The molecule has 4 rings (SSSR count). The van der Waals surface area contributed by atoms with Crippen LogP contribution in [0.4, 0.5) is 13.2 Å². The predicted octanol–water partition coefficient (Wildman–Crippen LogP) is 3.91. The monoisotopic (exact) mass is 413 g/mol. The van der Waals surface area contributed by atoms with Gasteiger partial charge in [0.05, 0.1) is 29.2 Å². The Balaban J connectivity index is 1.53. The lowest BCUT2D eigenvalue weighted by molar-refractivity contribution is 0.0929. The quantitative estimate of drug-likeness (QED) is 0.705. The van der Waals surface area contributed by atoms with Gasteiger partial charge in [-0.2, -0.15) is 0 Å². The van der Waals surface area contributed by atoms with Crippen molar-refractivity contribution in [2.75, 3.05) is 6.54 Å². The standard InChI is InChI=1S/C22H18F3N3O2/c1-11-9-26-12(2)20(28-11)18-7-15(24)5-13-6-16(30-21(13)18)10-27-22(29)17-4-3-14(23)8-19(17)25/h3-5,7-9,16H,6,10H2,1-2H3,(H,27,29). The van der Waals surface area contributed by atoms with E-state index in [1.165, 1.54) is 12.1 Å². The molecule has 2 heterocycles. The zero-order chi connectivity index (χ0) is 21.4. The Morgan fingerprint density at radius 2 is 1.97 bits per heavy atom. The average Bonchev–Trinajstić information content (AvgIpc) is 3.10. The molecule has 1 aromatic heterocycles. The Bertz CT molecular complexity index is 1150. The molecule has 154 valence electrons. The van der Waals surface area contributed by atoms with Crippen molar-refractivity contribution in [3.63, 3.8) is 0 Å². The highest BCUT2D eigenvalue weighted by Crippen LogP contribution is 2.39. The summed E-state index contributed by atoms with van der Waals surface area (Å²) in [5.41, 5.74) is 2.75. The molecule has 0 aliphatic carbocycles. The van der Waals surface area contributed by atoms with Crippen LogP contribution >= 0.6 is 0 Å². The van der Waals surface area contributed by atoms with E-state index in [-0.39, 0.29) is 12.1 Å². The van der Waals surface area contributed by atoms with Crippen molar-refractivity contribution in [1.29, 1.82) is 0 Å². The number of benzene rings is 2. The minimum atomic E-state index is -0.944. The molecule has 1 N–H and O–H groups in total. The van der Waals surface area contributed by atoms with E-state index < -0.39 is 29.5 Å². The molecule has 3 aromatic rings. The van der Waals surface area contributed by atoms with Crippen LogP contribution < -0.4 is 10.1 Å². The van der Waals surface area contributed by atoms with Crippen LogP contribution in [0.3, 0.4) is 0 Å². The number of nitrogens with one attached hydrogen (secondary N) is 1. The van der Waals surface area contributed by atoms with E-state index in [1.54, 1.807) is 20.0 Å². The zero-order valence-corrected chi connectivity index (χ0v) is 16.3. The minimum absolute atomic E-state index is 0.0733. The fourth-order valence-electron chi connectivity index (χ4n) is 3.45. The van der Waals surface area contributed by atoms with Crippen LogP contribution in [0, 0.1) is 31.3 Å². The van der Waals surface area contributed by atoms with Crippen molar-refractivity contribution in [3.05, 3.63) is 76.5 Å². The van der Waals surface area contributed by atoms with Crippen molar-refractivity contribution in [2.45, 2.75) is 26.4 Å². The van der Waals surface area contributed by atoms with E-state index in [1.807, 2.05) is 0 Å². The molecule has 0 radical (unpaired) electrons. The van der Waals surface area contributed by atoms with E-state index in [0.29, 0.717) is 46.4 Å². The van der Waals surface area contributed by atoms with Crippen molar-refractivity contribution in [2.24, 2.45) is 0 Å². The maximum Gasteiger partial charge on any atom is 0.254 e. The molecule has 0 saturated heterocycles. The average molecular weight is 413 g/mol. The first-order valence-electron chi connectivity index (χ1n) is 9.34. The molecule has 0 saturated carbocycles. The summed E-state index contributed by atoms with van der Waals surface area (Å²) in [5, 5.41) is 2.58. The van der Waals surface area contributed by atoms with Gasteiger partial charge in [0.1, 0.15) is 29.3 Å². The third-order valence-corrected chi connectivity index (χ3v) is 4.86. The summed E-state index contributed by atoms with van der Waals surface area (Å²) in [6, 6.07) is 5.48. The Kier molecular flexibility index (Phi) is 5.15. The number of hydrogen-bond acceptors (Lipinski definition) is 4. The van der Waals surface area contributed by atoms with E-state index in [9.17, 15) is 18.0 Å². The highest BCUT2D eigenvalue weighted by Gasteiger charge is 2.29. The summed E-state index contributed by atoms with van der Waals surface area (Å²) in [5.74, 6) is -2.32. The van der Waals surface area contributed by atoms with E-state index in [4.69, 9.17) is 4.74 Å². The molecule has 1 unspecified atom stereocenters. The molecule has 8 heteroatoms. The number of aromatic nitrogens is 2. The van der Waals surface area contributed by atoms with Gasteiger partial charge in [-0.3, -0.25) is 9.78 Å². The molecule has 1 atom stereocenters. The molecule has 0 bridgehead atoms. The van der Waals surface area contributed by atoms with Gasteiger partial charge in [-0.25, -0.2) is 18.2 Å². The van der Waals surface area contributed by atoms with E-state index >= 15 is 0 Å². The number of carbonyl (C=O) groups is 1. The molecule has 30 heavy (non-hydrogen) atoms. The van der Waals surface area contributed by atoms with Crippen LogP contribution in [0.1, 0.15) is 27.3 Å². The normalized spacial score (nSPS) is 14.9. The van der Waals surface area contributed by atoms with Crippen LogP contribution in [0.2, 0.25) is 0 Å². The third kappa shape index (κ3) is 3.85. The first-order valence-corrected chi connectivity index (χ1v) is 9.34. The molecule has 0 spiro atoms. The van der Waals surface area contributed by atoms with Crippen LogP contribution in [0.25, 0.3) is 11.3 Å². The molecule has 0 fully saturated rings. The highest BCUT2D eigenvalue weighted by molar-refractivity contribution is 5.94. The Hall–Kier alpha value is -3.42. The summed E-state index contributed by atoms with van der Waals surface area (Å²) >= 11 is 0. The fourth-order valence-corrected chi connectivity index (χ4v) is 3.45. The largest absolute Gasteiger partial charge is 0.487 e. The summed E-state index contributed by atoms with van der Waals surface area (Å²) in [6.45, 7) is 3.65. The second kappa shape index (κ2) is 7.78. The van der Waals surface area contributed by atoms with E-state index in [2.05, 4.69) is 15.3 Å². The predicted molar refractivity (Wildman–Crippen MR) is 104 cm³/mol. The number of fused-ring (bicyclic) bond motifs is 1. The van der Waals surface area contributed by atoms with Crippen LogP contribution in [0.5, 0.6) is 5.75 Å².